The van der Waals surface area contributed by atoms with E-state index in [9.17, 15) is 9.59 Å². The van der Waals surface area contributed by atoms with Gasteiger partial charge in [0, 0.05) is 43.9 Å². The molecule has 0 unspecified atom stereocenters. The summed E-state index contributed by atoms with van der Waals surface area (Å²) in [5.74, 6) is 1.50. The molecule has 150 valence electrons. The third-order valence-corrected chi connectivity index (χ3v) is 5.37. The Morgan fingerprint density at radius 3 is 2.72 bits per heavy atom. The molecule has 0 radical (unpaired) electrons. The fraction of sp³-hybridized carbons (Fsp3) is 0.318. The van der Waals surface area contributed by atoms with Crippen molar-refractivity contribution in [3.63, 3.8) is 0 Å². The summed E-state index contributed by atoms with van der Waals surface area (Å²) >= 11 is 0. The maximum atomic E-state index is 12.7. The van der Waals surface area contributed by atoms with E-state index in [1.54, 1.807) is 22.9 Å². The molecule has 0 saturated carbocycles. The zero-order valence-electron chi connectivity index (χ0n) is 16.6. The number of nitrogens with one attached hydrogen (secondary N) is 1. The van der Waals surface area contributed by atoms with Crippen LogP contribution in [0, 0.1) is 13.8 Å². The first kappa shape index (κ1) is 19.0. The molecule has 0 aliphatic carbocycles. The summed E-state index contributed by atoms with van der Waals surface area (Å²) in [4.78, 5) is 26.4. The molecule has 1 amide bonds. The molecule has 4 rings (SSSR count). The zero-order valence-corrected chi connectivity index (χ0v) is 16.6. The van der Waals surface area contributed by atoms with Gasteiger partial charge in [0.25, 0.3) is 5.56 Å². The van der Waals surface area contributed by atoms with Gasteiger partial charge in [-0.3, -0.25) is 9.59 Å². The minimum Gasteiger partial charge on any atom is -0.359 e. The maximum absolute atomic E-state index is 12.7. The van der Waals surface area contributed by atoms with Crippen LogP contribution in [0.3, 0.4) is 0 Å². The van der Waals surface area contributed by atoms with E-state index in [4.69, 9.17) is 4.52 Å². The van der Waals surface area contributed by atoms with Crippen LogP contribution in [-0.4, -0.2) is 27.1 Å². The summed E-state index contributed by atoms with van der Waals surface area (Å²) in [6.45, 7) is 5.51. The van der Waals surface area contributed by atoms with E-state index in [0.29, 0.717) is 31.9 Å². The summed E-state index contributed by atoms with van der Waals surface area (Å²) < 4.78 is 7.07. The molecule has 3 aromatic rings. The van der Waals surface area contributed by atoms with Gasteiger partial charge < -0.3 is 19.3 Å². The van der Waals surface area contributed by atoms with Crippen molar-refractivity contribution >= 4 is 17.4 Å². The number of aryl methyl sites for hydroxylation is 3. The van der Waals surface area contributed by atoms with Crippen molar-refractivity contribution < 1.29 is 9.32 Å². The van der Waals surface area contributed by atoms with Gasteiger partial charge in [-0.05, 0) is 31.0 Å². The fourth-order valence-electron chi connectivity index (χ4n) is 3.67. The molecule has 0 atom stereocenters. The van der Waals surface area contributed by atoms with Crippen LogP contribution in [0.2, 0.25) is 0 Å². The Kier molecular flexibility index (Phi) is 5.20. The molecule has 29 heavy (non-hydrogen) atoms. The molecule has 3 heterocycles. The van der Waals surface area contributed by atoms with Gasteiger partial charge in [0.2, 0.25) is 5.91 Å². The lowest BCUT2D eigenvalue weighted by Crippen LogP contribution is -2.36. The average molecular weight is 392 g/mol. The normalized spacial score (nSPS) is 13.2. The van der Waals surface area contributed by atoms with Crippen LogP contribution in [0.25, 0.3) is 0 Å². The standard InChI is InChI=1S/C22H24N4O3/c1-15-6-5-7-16(2)21(15)23-22-17-14-26(12-9-18(17)29-24-22)20(28)10-13-25-11-4-3-8-19(25)27/h3-8,11H,9-10,12-14H2,1-2H3,(H,23,24). The van der Waals surface area contributed by atoms with Gasteiger partial charge >= 0.3 is 0 Å². The third-order valence-electron chi connectivity index (χ3n) is 5.37. The Bertz CT molecular complexity index is 1080. The monoisotopic (exact) mass is 392 g/mol. The Balaban J connectivity index is 1.47. The lowest BCUT2D eigenvalue weighted by atomic mass is 10.1. The molecule has 7 heteroatoms. The number of amides is 1. The highest BCUT2D eigenvalue weighted by Gasteiger charge is 2.27. The van der Waals surface area contributed by atoms with E-state index in [0.717, 1.165) is 28.1 Å². The van der Waals surface area contributed by atoms with Crippen LogP contribution in [0.15, 0.2) is 51.9 Å². The van der Waals surface area contributed by atoms with Crippen molar-refractivity contribution in [3.05, 3.63) is 75.4 Å². The minimum atomic E-state index is -0.0969. The molecule has 0 spiro atoms. The number of pyridine rings is 1. The predicted molar refractivity (Wildman–Crippen MR) is 110 cm³/mol. The molecule has 1 aliphatic rings. The van der Waals surface area contributed by atoms with E-state index in [-0.39, 0.29) is 17.9 Å². The van der Waals surface area contributed by atoms with Crippen molar-refractivity contribution in [2.45, 2.75) is 39.8 Å². The van der Waals surface area contributed by atoms with Crippen molar-refractivity contribution in [3.8, 4) is 0 Å². The number of carbonyl (C=O) groups is 1. The summed E-state index contributed by atoms with van der Waals surface area (Å²) in [6.07, 6.45) is 2.62. The lowest BCUT2D eigenvalue weighted by Gasteiger charge is -2.26. The number of anilines is 2. The highest BCUT2D eigenvalue weighted by Crippen LogP contribution is 2.31. The number of fused-ring (bicyclic) bond motifs is 1. The first-order valence-electron chi connectivity index (χ1n) is 9.77. The highest BCUT2D eigenvalue weighted by molar-refractivity contribution is 5.77. The number of aromatic nitrogens is 2. The number of hydrogen-bond donors (Lipinski definition) is 1. The van der Waals surface area contributed by atoms with Crippen LogP contribution in [0.1, 0.15) is 28.9 Å². The maximum Gasteiger partial charge on any atom is 0.250 e. The molecule has 7 nitrogen and oxygen atoms in total. The van der Waals surface area contributed by atoms with Crippen molar-refractivity contribution in [1.29, 1.82) is 0 Å². The molecule has 0 bridgehead atoms. The van der Waals surface area contributed by atoms with Crippen molar-refractivity contribution in [2.24, 2.45) is 0 Å². The smallest absolute Gasteiger partial charge is 0.250 e. The van der Waals surface area contributed by atoms with E-state index in [2.05, 4.69) is 10.5 Å². The fourth-order valence-corrected chi connectivity index (χ4v) is 3.67. The number of para-hydroxylation sites is 1. The first-order valence-corrected chi connectivity index (χ1v) is 9.77. The van der Waals surface area contributed by atoms with Crippen LogP contribution in [-0.2, 0) is 24.3 Å². The SMILES string of the molecule is Cc1cccc(C)c1Nc1noc2c1CN(C(=O)CCn1ccccc1=O)CC2. The second-order valence-electron chi connectivity index (χ2n) is 7.37. The Labute approximate surface area is 168 Å². The number of benzene rings is 1. The quantitative estimate of drug-likeness (QED) is 0.721. The van der Waals surface area contributed by atoms with Crippen LogP contribution < -0.4 is 10.9 Å². The van der Waals surface area contributed by atoms with Crippen LogP contribution >= 0.6 is 0 Å². The zero-order chi connectivity index (χ0) is 20.4. The van der Waals surface area contributed by atoms with Gasteiger partial charge in [0.05, 0.1) is 12.1 Å². The molecule has 0 saturated heterocycles. The van der Waals surface area contributed by atoms with Gasteiger partial charge in [0.15, 0.2) is 5.82 Å². The van der Waals surface area contributed by atoms with Gasteiger partial charge in [-0.2, -0.15) is 0 Å². The average Bonchev–Trinajstić information content (AvgIpc) is 3.12. The molecule has 1 N–H and O–H groups in total. The lowest BCUT2D eigenvalue weighted by molar-refractivity contribution is -0.132. The van der Waals surface area contributed by atoms with Gasteiger partial charge in [-0.1, -0.05) is 29.4 Å². The van der Waals surface area contributed by atoms with Gasteiger partial charge in [-0.25, -0.2) is 0 Å². The van der Waals surface area contributed by atoms with E-state index >= 15 is 0 Å². The molecule has 1 aromatic carbocycles. The van der Waals surface area contributed by atoms with Gasteiger partial charge in [-0.15, -0.1) is 0 Å². The number of hydrogen-bond acceptors (Lipinski definition) is 5. The van der Waals surface area contributed by atoms with Crippen molar-refractivity contribution in [2.75, 3.05) is 11.9 Å². The summed E-state index contributed by atoms with van der Waals surface area (Å²) in [7, 11) is 0. The van der Waals surface area contributed by atoms with Crippen LogP contribution in [0.4, 0.5) is 11.5 Å². The summed E-state index contributed by atoms with van der Waals surface area (Å²) in [5.41, 5.74) is 4.08. The topological polar surface area (TPSA) is 80.4 Å². The summed E-state index contributed by atoms with van der Waals surface area (Å²) in [5, 5.41) is 7.59. The van der Waals surface area contributed by atoms with Crippen LogP contribution in [0.5, 0.6) is 0 Å². The van der Waals surface area contributed by atoms with E-state index in [1.807, 2.05) is 36.9 Å². The second-order valence-corrected chi connectivity index (χ2v) is 7.37. The molecule has 1 aliphatic heterocycles. The van der Waals surface area contributed by atoms with Gasteiger partial charge in [0.1, 0.15) is 5.76 Å². The molecule has 2 aromatic heterocycles. The minimum absolute atomic E-state index is 0.0191. The second kappa shape index (κ2) is 7.95. The largest absolute Gasteiger partial charge is 0.359 e. The third kappa shape index (κ3) is 3.94. The van der Waals surface area contributed by atoms with Crippen molar-refractivity contribution in [1.82, 2.24) is 14.6 Å². The number of rotatable bonds is 5. The van der Waals surface area contributed by atoms with E-state index in [1.165, 1.54) is 6.07 Å². The molecular formula is C22H24N4O3. The highest BCUT2D eigenvalue weighted by atomic mass is 16.5. The van der Waals surface area contributed by atoms with E-state index < -0.39 is 0 Å². The molecular weight excluding hydrogens is 368 g/mol. The Morgan fingerprint density at radius 2 is 1.97 bits per heavy atom. The predicted octanol–water partition coefficient (Wildman–Crippen LogP) is 3.17. The molecule has 0 fully saturated rings. The number of carbonyl (C=O) groups excluding carboxylic acids is 1. The summed E-state index contributed by atoms with van der Waals surface area (Å²) in [6, 6.07) is 11.1. The Hall–Kier alpha value is -3.35. The first-order chi connectivity index (χ1) is 14.0. The number of nitrogens with zero attached hydrogens (tertiary/aromatic N) is 3. The Morgan fingerprint density at radius 1 is 1.17 bits per heavy atom.